The number of fused-ring (bicyclic) bond motifs is 2. The second-order valence-corrected chi connectivity index (χ2v) is 12.0. The third-order valence-corrected chi connectivity index (χ3v) is 8.39. The molecule has 2 aliphatic carbocycles. The van der Waals surface area contributed by atoms with Crippen LogP contribution >= 0.6 is 0 Å². The molecule has 2 saturated carbocycles. The summed E-state index contributed by atoms with van der Waals surface area (Å²) in [7, 11) is 0. The van der Waals surface area contributed by atoms with Crippen LogP contribution in [-0.4, -0.2) is 17.3 Å². The molecule has 3 atom stereocenters. The third kappa shape index (κ3) is 5.29. The molecule has 0 aromatic rings. The van der Waals surface area contributed by atoms with Crippen LogP contribution in [0.25, 0.3) is 0 Å². The van der Waals surface area contributed by atoms with E-state index in [-0.39, 0.29) is 29.7 Å². The minimum Gasteiger partial charge on any atom is -0.298 e. The molecule has 3 nitrogen and oxygen atoms in total. The molecule has 188 valence electrons. The van der Waals surface area contributed by atoms with Gasteiger partial charge in [0.25, 0.3) is 0 Å². The third-order valence-electron chi connectivity index (χ3n) is 8.39. The normalized spacial score (nSPS) is 28.4. The smallest absolute Gasteiger partial charge is 0.161 e. The standard InChI is InChI=1S/C31H46O3/c1-21(2)11-10-12-24(7)16-17-30-20-25(14-13-22(3)4)29(8,9)31(28(30)34,18-15-23(5)6)27(33)19-26(30)32/h11,13,15-16,25H,10,12,14,17-20H2,1-9H3/b24-16-/t25-,30+,31-/m1/s1. The molecule has 0 aromatic heterocycles. The van der Waals surface area contributed by atoms with Gasteiger partial charge in [-0.25, -0.2) is 0 Å². The number of ketones is 3. The van der Waals surface area contributed by atoms with Gasteiger partial charge in [0.1, 0.15) is 0 Å². The van der Waals surface area contributed by atoms with Crippen molar-refractivity contribution in [2.24, 2.45) is 22.2 Å². The molecular weight excluding hydrogens is 420 g/mol. The van der Waals surface area contributed by atoms with Gasteiger partial charge in [-0.15, -0.1) is 0 Å². The van der Waals surface area contributed by atoms with Crippen LogP contribution in [0.5, 0.6) is 0 Å². The fourth-order valence-corrected chi connectivity index (χ4v) is 5.92. The van der Waals surface area contributed by atoms with E-state index in [4.69, 9.17) is 0 Å². The lowest BCUT2D eigenvalue weighted by Crippen LogP contribution is -2.68. The van der Waals surface area contributed by atoms with Crippen molar-refractivity contribution in [1.29, 1.82) is 0 Å². The summed E-state index contributed by atoms with van der Waals surface area (Å²) >= 11 is 0. The molecular formula is C31H46O3. The Morgan fingerprint density at radius 1 is 0.794 bits per heavy atom. The van der Waals surface area contributed by atoms with E-state index in [9.17, 15) is 14.4 Å². The molecule has 0 amide bonds. The molecule has 0 aromatic carbocycles. The highest BCUT2D eigenvalue weighted by molar-refractivity contribution is 6.28. The number of carbonyl (C=O) groups is 3. The Morgan fingerprint density at radius 3 is 1.94 bits per heavy atom. The summed E-state index contributed by atoms with van der Waals surface area (Å²) < 4.78 is 0. The van der Waals surface area contributed by atoms with Gasteiger partial charge in [-0.1, -0.05) is 60.4 Å². The highest BCUT2D eigenvalue weighted by atomic mass is 16.2. The fraction of sp³-hybridized carbons (Fsp3) is 0.645. The Bertz CT molecular complexity index is 943. The van der Waals surface area contributed by atoms with Gasteiger partial charge in [-0.3, -0.25) is 14.4 Å². The molecule has 0 saturated heterocycles. The minimum absolute atomic E-state index is 0.0817. The molecule has 2 aliphatic rings. The van der Waals surface area contributed by atoms with Crippen LogP contribution in [0.1, 0.15) is 107 Å². The maximum atomic E-state index is 14.4. The van der Waals surface area contributed by atoms with Crippen molar-refractivity contribution in [3.05, 3.63) is 46.6 Å². The maximum absolute atomic E-state index is 14.4. The van der Waals surface area contributed by atoms with E-state index in [1.165, 1.54) is 16.7 Å². The highest BCUT2D eigenvalue weighted by Crippen LogP contribution is 2.64. The van der Waals surface area contributed by atoms with Crippen molar-refractivity contribution in [2.45, 2.75) is 107 Å². The minimum atomic E-state index is -1.14. The van der Waals surface area contributed by atoms with E-state index in [2.05, 4.69) is 66.7 Å². The molecule has 0 spiro atoms. The van der Waals surface area contributed by atoms with Crippen LogP contribution in [0.2, 0.25) is 0 Å². The molecule has 0 radical (unpaired) electrons. The number of hydrogen-bond acceptors (Lipinski definition) is 3. The van der Waals surface area contributed by atoms with E-state index in [1.807, 2.05) is 19.9 Å². The van der Waals surface area contributed by atoms with Crippen molar-refractivity contribution < 1.29 is 14.4 Å². The topological polar surface area (TPSA) is 51.2 Å². The molecule has 0 N–H and O–H groups in total. The molecule has 2 fully saturated rings. The number of hydrogen-bond donors (Lipinski definition) is 0. The van der Waals surface area contributed by atoms with Gasteiger partial charge in [0, 0.05) is 0 Å². The molecule has 3 heteroatoms. The van der Waals surface area contributed by atoms with Crippen molar-refractivity contribution in [1.82, 2.24) is 0 Å². The first kappa shape index (κ1) is 28.2. The van der Waals surface area contributed by atoms with Gasteiger partial charge in [0.2, 0.25) is 0 Å². The summed E-state index contributed by atoms with van der Waals surface area (Å²) in [5, 5.41) is 0. The molecule has 0 aliphatic heterocycles. The Balaban J connectivity index is 2.60. The van der Waals surface area contributed by atoms with E-state index in [0.717, 1.165) is 24.8 Å². The average molecular weight is 467 g/mol. The van der Waals surface area contributed by atoms with E-state index in [0.29, 0.717) is 19.3 Å². The summed E-state index contributed by atoms with van der Waals surface area (Å²) in [5.74, 6) is -0.378. The first-order chi connectivity index (χ1) is 15.7. The number of rotatable bonds is 9. The fourth-order valence-electron chi connectivity index (χ4n) is 5.92. The van der Waals surface area contributed by atoms with Crippen LogP contribution in [0.15, 0.2) is 46.6 Å². The Labute approximate surface area is 207 Å². The largest absolute Gasteiger partial charge is 0.298 e. The predicted octanol–water partition coefficient (Wildman–Crippen LogP) is 7.91. The van der Waals surface area contributed by atoms with Crippen molar-refractivity contribution in [3.8, 4) is 0 Å². The first-order valence-corrected chi connectivity index (χ1v) is 12.9. The van der Waals surface area contributed by atoms with Gasteiger partial charge in [-0.2, -0.15) is 0 Å². The van der Waals surface area contributed by atoms with Crippen molar-refractivity contribution >= 4 is 17.3 Å². The quantitative estimate of drug-likeness (QED) is 0.256. The average Bonchev–Trinajstić information content (AvgIpc) is 2.71. The van der Waals surface area contributed by atoms with E-state index >= 15 is 0 Å². The van der Waals surface area contributed by atoms with Gasteiger partial charge < -0.3 is 0 Å². The second kappa shape index (κ2) is 10.7. The van der Waals surface area contributed by atoms with Crippen LogP contribution in [0.4, 0.5) is 0 Å². The van der Waals surface area contributed by atoms with Crippen LogP contribution in [-0.2, 0) is 14.4 Å². The number of carbonyl (C=O) groups excluding carboxylic acids is 3. The zero-order valence-electron chi connectivity index (χ0n) is 23.1. The molecule has 2 rings (SSSR count). The zero-order valence-corrected chi connectivity index (χ0v) is 23.1. The summed E-state index contributed by atoms with van der Waals surface area (Å²) in [5.41, 5.74) is 2.06. The Hall–Kier alpha value is -2.03. The van der Waals surface area contributed by atoms with Gasteiger partial charge in [-0.05, 0) is 98.3 Å². The van der Waals surface area contributed by atoms with Crippen molar-refractivity contribution in [2.75, 3.05) is 0 Å². The lowest BCUT2D eigenvalue weighted by atomic mass is 9.39. The van der Waals surface area contributed by atoms with E-state index in [1.54, 1.807) is 0 Å². The molecule has 2 bridgehead atoms. The van der Waals surface area contributed by atoms with Crippen LogP contribution < -0.4 is 0 Å². The summed E-state index contributed by atoms with van der Waals surface area (Å²) in [6.45, 7) is 18.6. The van der Waals surface area contributed by atoms with E-state index < -0.39 is 16.2 Å². The summed E-state index contributed by atoms with van der Waals surface area (Å²) in [6, 6.07) is 0. The maximum Gasteiger partial charge on any atom is 0.161 e. The van der Waals surface area contributed by atoms with Crippen LogP contribution in [0.3, 0.4) is 0 Å². The molecule has 0 heterocycles. The molecule has 0 unspecified atom stereocenters. The number of Topliss-reactive ketones (excluding diaryl/α,β-unsaturated/α-hetero) is 3. The second-order valence-electron chi connectivity index (χ2n) is 12.0. The zero-order chi connectivity index (χ0) is 25.9. The van der Waals surface area contributed by atoms with Gasteiger partial charge in [0.15, 0.2) is 17.3 Å². The number of allylic oxidation sites excluding steroid dienone is 8. The Morgan fingerprint density at radius 2 is 1.38 bits per heavy atom. The summed E-state index contributed by atoms with van der Waals surface area (Å²) in [6.07, 6.45) is 12.4. The highest BCUT2D eigenvalue weighted by Gasteiger charge is 2.71. The SMILES string of the molecule is CC(C)=CCC/C(C)=C\C[C@]12C[C@@H](CC=C(C)C)C(C)(C)[C@](CC=C(C)C)(C(=O)CC1=O)C2=O. The lowest BCUT2D eigenvalue weighted by molar-refractivity contribution is -0.180. The molecule has 34 heavy (non-hydrogen) atoms. The van der Waals surface area contributed by atoms with Gasteiger partial charge in [0.05, 0.1) is 17.3 Å². The van der Waals surface area contributed by atoms with Crippen LogP contribution in [0, 0.1) is 22.2 Å². The lowest BCUT2D eigenvalue weighted by Gasteiger charge is -2.60. The monoisotopic (exact) mass is 466 g/mol. The summed E-state index contributed by atoms with van der Waals surface area (Å²) in [4.78, 5) is 41.5. The van der Waals surface area contributed by atoms with Crippen molar-refractivity contribution in [3.63, 3.8) is 0 Å². The first-order valence-electron chi connectivity index (χ1n) is 12.9. The Kier molecular flexibility index (Phi) is 8.88. The predicted molar refractivity (Wildman–Crippen MR) is 142 cm³/mol. The van der Waals surface area contributed by atoms with Gasteiger partial charge >= 0.3 is 0 Å².